The summed E-state index contributed by atoms with van der Waals surface area (Å²) in [6.07, 6.45) is -0.814. The van der Waals surface area contributed by atoms with Gasteiger partial charge < -0.3 is 25.3 Å². The summed E-state index contributed by atoms with van der Waals surface area (Å²) >= 11 is 3.39. The molecule has 19 heavy (non-hydrogen) atoms. The second-order valence-corrected chi connectivity index (χ2v) is 5.61. The second kappa shape index (κ2) is 5.81. The Morgan fingerprint density at radius 1 is 1.58 bits per heavy atom. The fourth-order valence-corrected chi connectivity index (χ4v) is 2.45. The zero-order valence-electron chi connectivity index (χ0n) is 10.6. The van der Waals surface area contributed by atoms with E-state index in [9.17, 15) is 10.2 Å². The molecule has 5 nitrogen and oxygen atoms in total. The van der Waals surface area contributed by atoms with Gasteiger partial charge in [-0.2, -0.15) is 0 Å². The maximum atomic E-state index is 10.0. The van der Waals surface area contributed by atoms with Gasteiger partial charge in [-0.15, -0.1) is 0 Å². The van der Waals surface area contributed by atoms with E-state index in [4.69, 9.17) is 15.1 Å². The first kappa shape index (κ1) is 14.8. The summed E-state index contributed by atoms with van der Waals surface area (Å²) in [5.74, 6) is 0.600. The summed E-state index contributed by atoms with van der Waals surface area (Å²) in [4.78, 5) is 0. The maximum absolute atomic E-state index is 10.0. The summed E-state index contributed by atoms with van der Waals surface area (Å²) in [5, 5.41) is 19.3. The van der Waals surface area contributed by atoms with Crippen LogP contribution in [-0.2, 0) is 4.65 Å². The molecule has 1 unspecified atom stereocenters. The molecule has 0 amide bonds. The predicted octanol–water partition coefficient (Wildman–Crippen LogP) is -0.154. The van der Waals surface area contributed by atoms with Crippen molar-refractivity contribution in [2.45, 2.75) is 18.6 Å². The molecule has 2 rings (SSSR count). The molecule has 0 aromatic heterocycles. The number of ether oxygens (including phenoxy) is 1. The lowest BCUT2D eigenvalue weighted by atomic mass is 9.80. The minimum Gasteiger partial charge on any atom is -0.491 e. The Labute approximate surface area is 121 Å². The molecular formula is C12H16BBrNO4. The van der Waals surface area contributed by atoms with Crippen LogP contribution in [-0.4, -0.2) is 43.1 Å². The van der Waals surface area contributed by atoms with Crippen molar-refractivity contribution in [1.29, 1.82) is 0 Å². The Morgan fingerprint density at radius 2 is 2.32 bits per heavy atom. The van der Waals surface area contributed by atoms with Crippen molar-refractivity contribution in [3.05, 3.63) is 22.2 Å². The van der Waals surface area contributed by atoms with Crippen LogP contribution in [0, 0.1) is 0 Å². The van der Waals surface area contributed by atoms with Crippen molar-refractivity contribution >= 4 is 28.9 Å². The number of benzene rings is 1. The Bertz CT molecular complexity index is 473. The van der Waals surface area contributed by atoms with Crippen molar-refractivity contribution in [3.63, 3.8) is 0 Å². The minimum atomic E-state index is -0.814. The fraction of sp³-hybridized carbons (Fsp3) is 0.500. The minimum absolute atomic E-state index is 0.0974. The molecule has 2 atom stereocenters. The third-order valence-corrected chi connectivity index (χ3v) is 3.77. The molecule has 0 bridgehead atoms. The van der Waals surface area contributed by atoms with Crippen LogP contribution in [0.2, 0.25) is 0 Å². The smallest absolute Gasteiger partial charge is 0.335 e. The summed E-state index contributed by atoms with van der Waals surface area (Å²) in [6.45, 7) is 1.92. The van der Waals surface area contributed by atoms with Gasteiger partial charge in [-0.3, -0.25) is 0 Å². The number of fused-ring (bicyclic) bond motifs is 1. The normalized spacial score (nSPS) is 23.8. The first-order valence-electron chi connectivity index (χ1n) is 5.96. The standard InChI is InChI=1S/C12H16BBrNO4/c1-12(5-16)6-18-9-3-2-7(14)10(8(17)4-15)11(9)13-19-12/h2-3,8,16-17H,4-6,15H2,1H3/t8?,12-/m1/s1. The van der Waals surface area contributed by atoms with Gasteiger partial charge in [0.05, 0.1) is 12.7 Å². The molecule has 103 valence electrons. The van der Waals surface area contributed by atoms with Gasteiger partial charge in [0.25, 0.3) is 0 Å². The summed E-state index contributed by atoms with van der Waals surface area (Å²) < 4.78 is 12.0. The van der Waals surface area contributed by atoms with E-state index in [0.717, 1.165) is 4.47 Å². The zero-order chi connectivity index (χ0) is 14.0. The molecule has 1 heterocycles. The van der Waals surface area contributed by atoms with E-state index in [1.165, 1.54) is 7.48 Å². The summed E-state index contributed by atoms with van der Waals surface area (Å²) in [5.41, 5.74) is 5.99. The SMILES string of the molecule is C[C@@]1(CO)COc2ccc(Br)c(C(O)CN)c2[B]O1. The molecule has 0 fully saturated rings. The van der Waals surface area contributed by atoms with Crippen molar-refractivity contribution < 1.29 is 19.6 Å². The van der Waals surface area contributed by atoms with Crippen LogP contribution in [0.1, 0.15) is 18.6 Å². The van der Waals surface area contributed by atoms with E-state index in [1.54, 1.807) is 19.1 Å². The summed E-state index contributed by atoms with van der Waals surface area (Å²) in [7, 11) is 1.51. The van der Waals surface area contributed by atoms with Gasteiger partial charge in [-0.05, 0) is 30.1 Å². The van der Waals surface area contributed by atoms with Crippen LogP contribution >= 0.6 is 15.9 Å². The van der Waals surface area contributed by atoms with Crippen LogP contribution in [0.3, 0.4) is 0 Å². The Balaban J connectivity index is 2.41. The first-order chi connectivity index (χ1) is 9.00. The molecule has 7 heteroatoms. The van der Waals surface area contributed by atoms with Gasteiger partial charge in [0.2, 0.25) is 0 Å². The van der Waals surface area contributed by atoms with Crippen molar-refractivity contribution in [3.8, 4) is 5.75 Å². The molecule has 1 radical (unpaired) electrons. The Kier molecular flexibility index (Phi) is 4.52. The number of halogens is 1. The molecule has 0 spiro atoms. The van der Waals surface area contributed by atoms with Gasteiger partial charge in [-0.25, -0.2) is 0 Å². The van der Waals surface area contributed by atoms with Gasteiger partial charge in [0.15, 0.2) is 0 Å². The topological polar surface area (TPSA) is 84.9 Å². The van der Waals surface area contributed by atoms with Crippen molar-refractivity contribution in [1.82, 2.24) is 0 Å². The number of rotatable bonds is 3. The third-order valence-electron chi connectivity index (χ3n) is 3.08. The molecule has 1 aliphatic rings. The first-order valence-corrected chi connectivity index (χ1v) is 6.75. The quantitative estimate of drug-likeness (QED) is 0.672. The van der Waals surface area contributed by atoms with E-state index >= 15 is 0 Å². The van der Waals surface area contributed by atoms with Crippen molar-refractivity contribution in [2.75, 3.05) is 19.8 Å². The van der Waals surface area contributed by atoms with E-state index in [1.807, 2.05) is 0 Å². The third kappa shape index (κ3) is 2.95. The molecule has 4 N–H and O–H groups in total. The monoisotopic (exact) mass is 328 g/mol. The number of aliphatic hydroxyl groups excluding tert-OH is 2. The van der Waals surface area contributed by atoms with E-state index in [-0.39, 0.29) is 19.8 Å². The maximum Gasteiger partial charge on any atom is 0.335 e. The van der Waals surface area contributed by atoms with Crippen LogP contribution in [0.25, 0.3) is 0 Å². The number of hydrogen-bond acceptors (Lipinski definition) is 5. The highest BCUT2D eigenvalue weighted by atomic mass is 79.9. The highest BCUT2D eigenvalue weighted by Crippen LogP contribution is 2.28. The van der Waals surface area contributed by atoms with Gasteiger partial charge in [-0.1, -0.05) is 15.9 Å². The molecule has 1 aromatic carbocycles. The van der Waals surface area contributed by atoms with Gasteiger partial charge >= 0.3 is 7.48 Å². The lowest BCUT2D eigenvalue weighted by molar-refractivity contribution is -0.00426. The van der Waals surface area contributed by atoms with Gasteiger partial charge in [0, 0.05) is 11.0 Å². The fourth-order valence-electron chi connectivity index (χ4n) is 1.84. The number of aliphatic hydroxyl groups is 2. The molecule has 0 saturated carbocycles. The van der Waals surface area contributed by atoms with E-state index < -0.39 is 11.7 Å². The molecule has 0 aliphatic carbocycles. The van der Waals surface area contributed by atoms with Crippen molar-refractivity contribution in [2.24, 2.45) is 5.73 Å². The molecular weight excluding hydrogens is 313 g/mol. The predicted molar refractivity (Wildman–Crippen MR) is 75.6 cm³/mol. The highest BCUT2D eigenvalue weighted by molar-refractivity contribution is 9.10. The largest absolute Gasteiger partial charge is 0.491 e. The zero-order valence-corrected chi connectivity index (χ0v) is 12.2. The van der Waals surface area contributed by atoms with Crippen LogP contribution in [0.15, 0.2) is 16.6 Å². The highest BCUT2D eigenvalue weighted by Gasteiger charge is 2.32. The number of hydrogen-bond donors (Lipinski definition) is 3. The van der Waals surface area contributed by atoms with Crippen LogP contribution in [0.4, 0.5) is 0 Å². The van der Waals surface area contributed by atoms with E-state index in [2.05, 4.69) is 15.9 Å². The average Bonchev–Trinajstić information content (AvgIpc) is 2.59. The van der Waals surface area contributed by atoms with E-state index in [0.29, 0.717) is 16.8 Å². The Hall–Kier alpha value is -0.595. The van der Waals surface area contributed by atoms with Crippen LogP contribution < -0.4 is 15.9 Å². The van der Waals surface area contributed by atoms with Gasteiger partial charge in [0.1, 0.15) is 18.0 Å². The lowest BCUT2D eigenvalue weighted by Gasteiger charge is -2.25. The molecule has 1 aromatic rings. The van der Waals surface area contributed by atoms with Crippen LogP contribution in [0.5, 0.6) is 5.75 Å². The molecule has 1 aliphatic heterocycles. The molecule has 0 saturated heterocycles. The average molecular weight is 329 g/mol. The Morgan fingerprint density at radius 3 is 2.95 bits per heavy atom. The second-order valence-electron chi connectivity index (χ2n) is 4.76. The lowest BCUT2D eigenvalue weighted by Crippen LogP contribution is -2.40. The summed E-state index contributed by atoms with van der Waals surface area (Å²) in [6, 6.07) is 3.58. The number of nitrogens with two attached hydrogens (primary N) is 1.